The number of carbonyl (C=O) groups excluding carboxylic acids is 1. The van der Waals surface area contributed by atoms with Gasteiger partial charge in [0.2, 0.25) is 0 Å². The van der Waals surface area contributed by atoms with E-state index in [2.05, 4.69) is 0 Å². The molecule has 0 spiro atoms. The molecule has 2 aromatic carbocycles. The van der Waals surface area contributed by atoms with Gasteiger partial charge in [-0.05, 0) is 30.3 Å². The van der Waals surface area contributed by atoms with Crippen molar-refractivity contribution < 1.29 is 9.18 Å². The van der Waals surface area contributed by atoms with E-state index in [1.807, 2.05) is 0 Å². The molecule has 0 bridgehead atoms. The number of anilines is 2. The smallest absolute Gasteiger partial charge is 0.254 e. The molecular weight excluding hydrogens is 293 g/mol. The summed E-state index contributed by atoms with van der Waals surface area (Å²) in [4.78, 5) is 13.7. The van der Waals surface area contributed by atoms with Crippen molar-refractivity contribution in [3.8, 4) is 0 Å². The average Bonchev–Trinajstić information content (AvgIpc) is 2.41. The van der Waals surface area contributed by atoms with Crippen molar-refractivity contribution in [2.45, 2.75) is 6.54 Å². The van der Waals surface area contributed by atoms with E-state index in [0.717, 1.165) is 0 Å². The van der Waals surface area contributed by atoms with Crippen molar-refractivity contribution in [3.05, 3.63) is 58.4 Å². The summed E-state index contributed by atoms with van der Waals surface area (Å²) in [7, 11) is 1.56. The Morgan fingerprint density at radius 1 is 1.24 bits per heavy atom. The maximum Gasteiger partial charge on any atom is 0.254 e. The number of benzene rings is 2. The quantitative estimate of drug-likeness (QED) is 0.856. The number of halogens is 2. The Labute approximate surface area is 127 Å². The van der Waals surface area contributed by atoms with Crippen LogP contribution in [0.1, 0.15) is 15.9 Å². The molecule has 1 amide bonds. The van der Waals surface area contributed by atoms with Crippen LogP contribution in [0.3, 0.4) is 0 Å². The Bertz CT molecular complexity index is 650. The van der Waals surface area contributed by atoms with E-state index in [4.69, 9.17) is 23.1 Å². The molecule has 0 aliphatic carbocycles. The maximum absolute atomic E-state index is 13.7. The van der Waals surface area contributed by atoms with Crippen LogP contribution in [-0.4, -0.2) is 17.9 Å². The van der Waals surface area contributed by atoms with Gasteiger partial charge >= 0.3 is 0 Å². The van der Waals surface area contributed by atoms with E-state index in [9.17, 15) is 9.18 Å². The molecule has 2 rings (SSSR count). The summed E-state index contributed by atoms with van der Waals surface area (Å²) in [5.74, 6) is -0.762. The monoisotopic (exact) mass is 307 g/mol. The van der Waals surface area contributed by atoms with E-state index >= 15 is 0 Å². The normalized spacial score (nSPS) is 10.4. The van der Waals surface area contributed by atoms with Gasteiger partial charge in [-0.25, -0.2) is 4.39 Å². The third-order valence-corrected chi connectivity index (χ3v) is 3.38. The lowest BCUT2D eigenvalue weighted by molar-refractivity contribution is 0.0784. The minimum atomic E-state index is -0.450. The molecule has 0 atom stereocenters. The zero-order valence-corrected chi connectivity index (χ0v) is 12.2. The van der Waals surface area contributed by atoms with Gasteiger partial charge in [-0.2, -0.15) is 0 Å². The lowest BCUT2D eigenvalue weighted by Gasteiger charge is -2.19. The molecular formula is C15H15ClFN3O. The summed E-state index contributed by atoms with van der Waals surface area (Å²) < 4.78 is 13.7. The summed E-state index contributed by atoms with van der Waals surface area (Å²) in [5.41, 5.74) is 12.7. The Balaban J connectivity index is 2.24. The first-order chi connectivity index (χ1) is 9.88. The van der Waals surface area contributed by atoms with Crippen LogP contribution < -0.4 is 11.5 Å². The maximum atomic E-state index is 13.7. The lowest BCUT2D eigenvalue weighted by Crippen LogP contribution is -2.27. The molecule has 0 saturated carbocycles. The Hall–Kier alpha value is -2.27. The molecule has 0 unspecified atom stereocenters. The first-order valence-corrected chi connectivity index (χ1v) is 6.60. The second kappa shape index (κ2) is 6.01. The highest BCUT2D eigenvalue weighted by Gasteiger charge is 2.16. The number of rotatable bonds is 3. The number of amides is 1. The van der Waals surface area contributed by atoms with E-state index < -0.39 is 5.82 Å². The Morgan fingerprint density at radius 3 is 2.43 bits per heavy atom. The fraction of sp³-hybridized carbons (Fsp3) is 0.133. The predicted molar refractivity (Wildman–Crippen MR) is 82.5 cm³/mol. The van der Waals surface area contributed by atoms with Crippen LogP contribution >= 0.6 is 11.6 Å². The fourth-order valence-electron chi connectivity index (χ4n) is 2.01. The Morgan fingerprint density at radius 2 is 1.86 bits per heavy atom. The second-order valence-electron chi connectivity index (χ2n) is 4.75. The number of nitrogens with two attached hydrogens (primary N) is 2. The molecule has 6 heteroatoms. The Kier molecular flexibility index (Phi) is 4.33. The van der Waals surface area contributed by atoms with Crippen LogP contribution in [0.5, 0.6) is 0 Å². The number of nitrogens with zero attached hydrogens (tertiary/aromatic N) is 1. The molecule has 0 fully saturated rings. The van der Waals surface area contributed by atoms with Gasteiger partial charge in [0.1, 0.15) is 5.82 Å². The minimum absolute atomic E-state index is 0.0546. The van der Waals surface area contributed by atoms with Crippen molar-refractivity contribution in [2.75, 3.05) is 18.5 Å². The second-order valence-corrected chi connectivity index (χ2v) is 5.16. The van der Waals surface area contributed by atoms with E-state index in [0.29, 0.717) is 16.9 Å². The summed E-state index contributed by atoms with van der Waals surface area (Å²) in [5, 5.41) is 0.279. The molecule has 0 aromatic heterocycles. The molecule has 4 N–H and O–H groups in total. The van der Waals surface area contributed by atoms with Gasteiger partial charge in [-0.15, -0.1) is 0 Å². The van der Waals surface area contributed by atoms with Crippen LogP contribution in [0.4, 0.5) is 15.8 Å². The van der Waals surface area contributed by atoms with Gasteiger partial charge in [0.25, 0.3) is 5.91 Å². The standard InChI is InChI=1S/C15H15ClFN3O/c1-20(8-12-13(16)3-2-4-14(12)17)15(21)9-5-10(18)7-11(19)6-9/h2-7H,8,18-19H2,1H3. The predicted octanol–water partition coefficient (Wildman–Crippen LogP) is 2.92. The van der Waals surface area contributed by atoms with Crippen LogP contribution in [0.25, 0.3) is 0 Å². The number of hydrogen-bond acceptors (Lipinski definition) is 3. The highest BCUT2D eigenvalue weighted by molar-refractivity contribution is 6.31. The van der Waals surface area contributed by atoms with Gasteiger partial charge in [0.15, 0.2) is 0 Å². The number of hydrogen-bond donors (Lipinski definition) is 2. The zero-order valence-electron chi connectivity index (χ0n) is 11.4. The number of carbonyl (C=O) groups is 1. The molecule has 4 nitrogen and oxygen atoms in total. The van der Waals surface area contributed by atoms with Crippen molar-refractivity contribution in [3.63, 3.8) is 0 Å². The van der Waals surface area contributed by atoms with Crippen LogP contribution in [-0.2, 0) is 6.54 Å². The van der Waals surface area contributed by atoms with Gasteiger partial charge in [-0.3, -0.25) is 4.79 Å². The van der Waals surface area contributed by atoms with Crippen molar-refractivity contribution >= 4 is 28.9 Å². The van der Waals surface area contributed by atoms with Gasteiger partial charge < -0.3 is 16.4 Å². The van der Waals surface area contributed by atoms with Gasteiger partial charge in [0, 0.05) is 41.1 Å². The summed E-state index contributed by atoms with van der Waals surface area (Å²) >= 11 is 5.96. The highest BCUT2D eigenvalue weighted by Crippen LogP contribution is 2.22. The molecule has 0 aliphatic heterocycles. The van der Waals surface area contributed by atoms with Crippen LogP contribution in [0, 0.1) is 5.82 Å². The van der Waals surface area contributed by atoms with Crippen molar-refractivity contribution in [1.29, 1.82) is 0 Å². The van der Waals surface area contributed by atoms with Gasteiger partial charge in [-0.1, -0.05) is 17.7 Å². The third-order valence-electron chi connectivity index (χ3n) is 3.03. The van der Waals surface area contributed by atoms with E-state index in [1.54, 1.807) is 19.2 Å². The molecule has 0 aliphatic rings. The largest absolute Gasteiger partial charge is 0.399 e. The van der Waals surface area contributed by atoms with Crippen molar-refractivity contribution in [1.82, 2.24) is 4.90 Å². The minimum Gasteiger partial charge on any atom is -0.399 e. The van der Waals surface area contributed by atoms with Gasteiger partial charge in [0.05, 0.1) is 0 Å². The molecule has 21 heavy (non-hydrogen) atoms. The molecule has 0 saturated heterocycles. The molecule has 0 radical (unpaired) electrons. The van der Waals surface area contributed by atoms with Crippen LogP contribution in [0.2, 0.25) is 5.02 Å². The lowest BCUT2D eigenvalue weighted by atomic mass is 10.1. The summed E-state index contributed by atoms with van der Waals surface area (Å²) in [6.45, 7) is 0.0546. The molecule has 0 heterocycles. The highest BCUT2D eigenvalue weighted by atomic mass is 35.5. The topological polar surface area (TPSA) is 72.3 Å². The zero-order chi connectivity index (χ0) is 15.6. The first kappa shape index (κ1) is 15.1. The average molecular weight is 308 g/mol. The molecule has 110 valence electrons. The van der Waals surface area contributed by atoms with E-state index in [1.165, 1.54) is 29.2 Å². The summed E-state index contributed by atoms with van der Waals surface area (Å²) in [6.07, 6.45) is 0. The summed E-state index contributed by atoms with van der Waals surface area (Å²) in [6, 6.07) is 9.01. The first-order valence-electron chi connectivity index (χ1n) is 6.23. The van der Waals surface area contributed by atoms with Crippen molar-refractivity contribution in [2.24, 2.45) is 0 Å². The number of nitrogen functional groups attached to an aromatic ring is 2. The molecule has 2 aromatic rings. The van der Waals surface area contributed by atoms with E-state index in [-0.39, 0.29) is 23.0 Å². The fourth-order valence-corrected chi connectivity index (χ4v) is 2.24. The van der Waals surface area contributed by atoms with Crippen LogP contribution in [0.15, 0.2) is 36.4 Å². The SMILES string of the molecule is CN(Cc1c(F)cccc1Cl)C(=O)c1cc(N)cc(N)c1. The third kappa shape index (κ3) is 3.44.